The van der Waals surface area contributed by atoms with Gasteiger partial charge in [-0.05, 0) is 111 Å². The van der Waals surface area contributed by atoms with E-state index in [1.165, 1.54) is 44.5 Å². The Morgan fingerprint density at radius 2 is 0.857 bits per heavy atom. The van der Waals surface area contributed by atoms with Crippen molar-refractivity contribution >= 4 is 32.7 Å². The van der Waals surface area contributed by atoms with Gasteiger partial charge in [-0.25, -0.2) is 0 Å². The fourth-order valence-corrected chi connectivity index (χ4v) is 10.2. The zero-order valence-corrected chi connectivity index (χ0v) is 34.0. The van der Waals surface area contributed by atoms with Crippen molar-refractivity contribution in [3.8, 4) is 11.1 Å². The van der Waals surface area contributed by atoms with Crippen LogP contribution in [0.15, 0.2) is 12.1 Å². The first-order valence-electron chi connectivity index (χ1n) is 14.4. The van der Waals surface area contributed by atoms with Crippen molar-refractivity contribution in [2.45, 2.75) is 139 Å². The summed E-state index contributed by atoms with van der Waals surface area (Å²) >= 11 is -11.2. The van der Waals surface area contributed by atoms with Crippen molar-refractivity contribution in [2.75, 3.05) is 0 Å². The van der Waals surface area contributed by atoms with E-state index in [1.807, 2.05) is 0 Å². The zero-order chi connectivity index (χ0) is 32.9. The van der Waals surface area contributed by atoms with Crippen molar-refractivity contribution in [1.29, 1.82) is 0 Å². The normalized spacial score (nSPS) is 14.5. The fourth-order valence-electron chi connectivity index (χ4n) is 5.80. The van der Waals surface area contributed by atoms with E-state index >= 15 is 0 Å². The summed E-state index contributed by atoms with van der Waals surface area (Å²) in [7, 11) is -0.431. The van der Waals surface area contributed by atoms with Gasteiger partial charge in [-0.2, -0.15) is 0 Å². The van der Waals surface area contributed by atoms with Gasteiger partial charge in [-0.15, -0.1) is 0 Å². The Labute approximate surface area is 271 Å². The van der Waals surface area contributed by atoms with Gasteiger partial charge in [0.05, 0.1) is 0 Å². The number of rotatable bonds is 5. The number of halogens is 6. The van der Waals surface area contributed by atoms with Gasteiger partial charge in [0.25, 0.3) is 0 Å². The first-order valence-corrected chi connectivity index (χ1v) is 21.6. The number of hydrogen-bond acceptors (Lipinski definition) is 0. The van der Waals surface area contributed by atoms with Gasteiger partial charge in [0, 0.05) is 0 Å². The third kappa shape index (κ3) is 11.7. The van der Waals surface area contributed by atoms with E-state index in [2.05, 4.69) is 123 Å². The fraction of sp³-hybridized carbons (Fsp3) is 0.636. The molecule has 9 heteroatoms. The maximum absolute atomic E-state index is 11.2. The first-order chi connectivity index (χ1) is 17.8. The van der Waals surface area contributed by atoms with Gasteiger partial charge in [0.15, 0.2) is 0 Å². The van der Waals surface area contributed by atoms with Crippen LogP contribution in [0.25, 0.3) is 11.1 Å². The van der Waals surface area contributed by atoms with Gasteiger partial charge in [-0.3, -0.25) is 0 Å². The van der Waals surface area contributed by atoms with Crippen LogP contribution in [0.5, 0.6) is 0 Å². The van der Waals surface area contributed by atoms with Gasteiger partial charge in [0.1, 0.15) is 0 Å². The molecule has 0 amide bonds. The molecule has 0 fully saturated rings. The van der Waals surface area contributed by atoms with E-state index in [-0.39, 0.29) is 32.7 Å². The molecule has 0 saturated heterocycles. The van der Waals surface area contributed by atoms with Crippen LogP contribution in [-0.4, -0.2) is 29.8 Å². The molecular formula is C33H53AuF6PSb. The second-order valence-electron chi connectivity index (χ2n) is 14.4. The summed E-state index contributed by atoms with van der Waals surface area (Å²) in [6.45, 7) is 38.5. The van der Waals surface area contributed by atoms with Crippen LogP contribution >= 0.6 is 7.92 Å². The van der Waals surface area contributed by atoms with Gasteiger partial charge in [-0.1, -0.05) is 103 Å². The summed E-state index contributed by atoms with van der Waals surface area (Å²) in [6.07, 6.45) is 0. The molecular weight excluding hydrogens is 860 g/mol. The van der Waals surface area contributed by atoms with Crippen molar-refractivity contribution in [3.05, 3.63) is 51.1 Å². The Morgan fingerprint density at radius 1 is 0.548 bits per heavy atom. The molecule has 0 aliphatic carbocycles. The topological polar surface area (TPSA) is 0 Å². The van der Waals surface area contributed by atoms with E-state index in [1.54, 1.807) is 10.9 Å². The minimum atomic E-state index is -11.2. The molecule has 0 radical (unpaired) electrons. The van der Waals surface area contributed by atoms with Crippen LogP contribution in [0, 0.1) is 27.7 Å². The van der Waals surface area contributed by atoms with E-state index in [4.69, 9.17) is 0 Å². The van der Waals surface area contributed by atoms with E-state index in [0.717, 1.165) is 0 Å². The Morgan fingerprint density at radius 3 is 1.12 bits per heavy atom. The standard InChI is InChI=1S/C33H53P.Au.6FH.Sb/c1-19(2)26-17-27(20(3)4)30(28(18-26)21(5)6)29-24(9)22(7)23(8)25(10)31(29)34(32(11,12)13)33(14,15)16;;;;;;;;/h17-21H,1-16H3;;6*1H;/q;+1;;;;;;;+5/p-6. The molecule has 0 aliphatic heterocycles. The van der Waals surface area contributed by atoms with Crippen molar-refractivity contribution in [3.63, 3.8) is 0 Å². The van der Waals surface area contributed by atoms with Gasteiger partial charge in [0.2, 0.25) is 0 Å². The predicted molar refractivity (Wildman–Crippen MR) is 172 cm³/mol. The molecule has 0 aliphatic rings. The molecule has 0 spiro atoms. The molecule has 42 heavy (non-hydrogen) atoms. The van der Waals surface area contributed by atoms with Crippen molar-refractivity contribution < 1.29 is 39.3 Å². The van der Waals surface area contributed by atoms with Crippen molar-refractivity contribution in [2.24, 2.45) is 0 Å². The molecule has 2 aromatic rings. The van der Waals surface area contributed by atoms with Crippen LogP contribution in [0.1, 0.15) is 140 Å². The summed E-state index contributed by atoms with van der Waals surface area (Å²) in [4.78, 5) is 0. The maximum atomic E-state index is 9.93. The average Bonchev–Trinajstić information content (AvgIpc) is 2.71. The number of benzene rings is 2. The molecule has 0 nitrogen and oxygen atoms in total. The van der Waals surface area contributed by atoms with Gasteiger partial charge < -0.3 is 0 Å². The molecule has 0 bridgehead atoms. The molecule has 0 N–H and O–H groups in total. The summed E-state index contributed by atoms with van der Waals surface area (Å²) in [5.74, 6) is 1.50. The third-order valence-corrected chi connectivity index (χ3v) is 11.3. The average molecular weight is 913 g/mol. The molecule has 248 valence electrons. The summed E-state index contributed by atoms with van der Waals surface area (Å²) in [6, 6.07) is 5.06. The van der Waals surface area contributed by atoms with Gasteiger partial charge >= 0.3 is 58.7 Å². The Bertz CT molecular complexity index is 1210. The van der Waals surface area contributed by atoms with Crippen LogP contribution in [-0.2, 0) is 22.4 Å². The molecule has 0 heterocycles. The third-order valence-electron chi connectivity index (χ3n) is 7.60. The van der Waals surface area contributed by atoms with Crippen LogP contribution < -0.4 is 5.30 Å². The Kier molecular flexibility index (Phi) is 13.0. The van der Waals surface area contributed by atoms with Crippen LogP contribution in [0.3, 0.4) is 0 Å². The Hall–Kier alpha value is 0.00844. The summed E-state index contributed by atoms with van der Waals surface area (Å²) < 4.78 is 59.6. The summed E-state index contributed by atoms with van der Waals surface area (Å²) in [5.41, 5.74) is 13.6. The molecule has 0 unspecified atom stereocenters. The monoisotopic (exact) mass is 912 g/mol. The second-order valence-corrected chi connectivity index (χ2v) is 23.7. The molecule has 2 aromatic carbocycles. The second kappa shape index (κ2) is 13.0. The molecule has 2 rings (SSSR count). The number of hydrogen-bond donors (Lipinski definition) is 0. The predicted octanol–water partition coefficient (Wildman–Crippen LogP) is 12.8. The van der Waals surface area contributed by atoms with Crippen molar-refractivity contribution in [1.82, 2.24) is 0 Å². The zero-order valence-electron chi connectivity index (χ0n) is 28.4. The van der Waals surface area contributed by atoms with Crippen LogP contribution in [0.2, 0.25) is 0 Å². The quantitative estimate of drug-likeness (QED) is 0.159. The van der Waals surface area contributed by atoms with E-state index in [9.17, 15) is 16.9 Å². The van der Waals surface area contributed by atoms with Crippen LogP contribution in [0.4, 0.5) is 16.9 Å². The molecule has 0 atom stereocenters. The summed E-state index contributed by atoms with van der Waals surface area (Å²) in [5, 5.41) is 2.08. The Balaban J connectivity index is 0.00000186. The first kappa shape index (κ1) is 42.0. The molecule has 0 aromatic heterocycles. The molecule has 0 saturated carbocycles. The van der Waals surface area contributed by atoms with E-state index in [0.29, 0.717) is 17.8 Å². The SMILES string of the molecule is Cc1c(C)c(C)c(P(C(C)(C)C)C(C)(C)C)c(-c2c(C(C)C)cc(C(C)C)cc2C(C)C)c1C.[Au+].[F][Sb-]([F])([F])([F])([F])[F]. The minimum absolute atomic E-state index is 0. The van der Waals surface area contributed by atoms with E-state index < -0.39 is 27.4 Å².